The Labute approximate surface area is 192 Å². The molecule has 1 amide bonds. The molecule has 10 heteroatoms. The number of carbonyl (C=O) groups excluding carboxylic acids is 1. The molecule has 0 fully saturated rings. The van der Waals surface area contributed by atoms with Crippen LogP contribution in [0.25, 0.3) is 0 Å². The van der Waals surface area contributed by atoms with Crippen LogP contribution < -0.4 is 0 Å². The number of hydrogen-bond donors (Lipinski definition) is 0. The molecule has 2 aromatic rings. The molecular formula is C23H27F3N2O4S. The lowest BCUT2D eigenvalue weighted by molar-refractivity contribution is -0.141. The summed E-state index contributed by atoms with van der Waals surface area (Å²) >= 11 is 0. The lowest BCUT2D eigenvalue weighted by Crippen LogP contribution is -2.40. The Hall–Kier alpha value is -2.43. The maximum absolute atomic E-state index is 13.2. The van der Waals surface area contributed by atoms with Crippen LogP contribution >= 0.6 is 0 Å². The van der Waals surface area contributed by atoms with Gasteiger partial charge in [0, 0.05) is 38.4 Å². The summed E-state index contributed by atoms with van der Waals surface area (Å²) in [6.07, 6.45) is -3.78. The Bertz CT molecular complexity index is 1070. The predicted molar refractivity (Wildman–Crippen MR) is 117 cm³/mol. The van der Waals surface area contributed by atoms with Crippen LogP contribution in [0.5, 0.6) is 0 Å². The number of carbonyl (C=O) groups is 1. The van der Waals surface area contributed by atoms with E-state index in [9.17, 15) is 26.4 Å². The van der Waals surface area contributed by atoms with Crippen molar-refractivity contribution in [2.24, 2.45) is 0 Å². The molecule has 2 aromatic carbocycles. The highest BCUT2D eigenvalue weighted by molar-refractivity contribution is 7.89. The third-order valence-corrected chi connectivity index (χ3v) is 7.23. The number of amides is 1. The number of nitrogens with zero attached hydrogens (tertiary/aromatic N) is 2. The van der Waals surface area contributed by atoms with E-state index in [-0.39, 0.29) is 43.1 Å². The van der Waals surface area contributed by atoms with E-state index in [1.165, 1.54) is 22.5 Å². The third-order valence-electron chi connectivity index (χ3n) is 5.39. The fourth-order valence-corrected chi connectivity index (χ4v) is 5.23. The first-order valence-corrected chi connectivity index (χ1v) is 12.2. The first kappa shape index (κ1) is 25.2. The molecule has 0 saturated heterocycles. The van der Waals surface area contributed by atoms with Crippen molar-refractivity contribution in [3.63, 3.8) is 0 Å². The molecule has 3 rings (SSSR count). The predicted octanol–water partition coefficient (Wildman–Crippen LogP) is 3.86. The van der Waals surface area contributed by atoms with Crippen molar-refractivity contribution in [1.82, 2.24) is 9.21 Å². The van der Waals surface area contributed by atoms with E-state index < -0.39 is 28.7 Å². The Balaban J connectivity index is 1.81. The van der Waals surface area contributed by atoms with Crippen molar-refractivity contribution in [3.05, 3.63) is 65.2 Å². The molecule has 33 heavy (non-hydrogen) atoms. The molecule has 0 N–H and O–H groups in total. The zero-order valence-corrected chi connectivity index (χ0v) is 19.2. The molecule has 0 atom stereocenters. The van der Waals surface area contributed by atoms with E-state index in [1.54, 1.807) is 6.92 Å². The Morgan fingerprint density at radius 2 is 1.85 bits per heavy atom. The number of ether oxygens (including phenoxy) is 1. The van der Waals surface area contributed by atoms with Gasteiger partial charge in [-0.25, -0.2) is 8.42 Å². The van der Waals surface area contributed by atoms with Gasteiger partial charge in [-0.1, -0.05) is 30.3 Å². The van der Waals surface area contributed by atoms with Gasteiger partial charge in [-0.15, -0.1) is 0 Å². The van der Waals surface area contributed by atoms with Crippen LogP contribution in [0.1, 0.15) is 34.8 Å². The summed E-state index contributed by atoms with van der Waals surface area (Å²) in [6.45, 7) is 1.34. The van der Waals surface area contributed by atoms with Crippen LogP contribution in [-0.2, 0) is 27.7 Å². The van der Waals surface area contributed by atoms with Gasteiger partial charge < -0.3 is 9.64 Å². The largest absolute Gasteiger partial charge is 0.406 e. The van der Waals surface area contributed by atoms with E-state index in [2.05, 4.69) is 0 Å². The minimum absolute atomic E-state index is 0.103. The molecule has 0 aliphatic carbocycles. The summed E-state index contributed by atoms with van der Waals surface area (Å²) in [5.74, 6) is -0.870. The van der Waals surface area contributed by atoms with Gasteiger partial charge >= 0.3 is 6.18 Å². The lowest BCUT2D eigenvalue weighted by Gasteiger charge is -2.28. The summed E-state index contributed by atoms with van der Waals surface area (Å²) < 4.78 is 72.1. The average molecular weight is 485 g/mol. The van der Waals surface area contributed by atoms with Gasteiger partial charge in [0.15, 0.2) is 0 Å². The van der Waals surface area contributed by atoms with Gasteiger partial charge in [-0.2, -0.15) is 17.5 Å². The topological polar surface area (TPSA) is 66.9 Å². The van der Waals surface area contributed by atoms with Crippen LogP contribution in [0.3, 0.4) is 0 Å². The zero-order chi connectivity index (χ0) is 24.1. The highest BCUT2D eigenvalue weighted by Crippen LogP contribution is 2.26. The summed E-state index contributed by atoms with van der Waals surface area (Å²) in [4.78, 5) is 13.4. The van der Waals surface area contributed by atoms with Gasteiger partial charge in [0.25, 0.3) is 5.91 Å². The van der Waals surface area contributed by atoms with Gasteiger partial charge in [-0.3, -0.25) is 4.79 Å². The Morgan fingerprint density at radius 3 is 2.55 bits per heavy atom. The van der Waals surface area contributed by atoms with Gasteiger partial charge in [-0.05, 0) is 49.1 Å². The molecular weight excluding hydrogens is 457 g/mol. The molecule has 1 aliphatic heterocycles. The van der Waals surface area contributed by atoms with Crippen molar-refractivity contribution in [3.8, 4) is 0 Å². The molecule has 1 heterocycles. The second-order valence-corrected chi connectivity index (χ2v) is 9.72. The molecule has 0 spiro atoms. The van der Waals surface area contributed by atoms with E-state index in [0.717, 1.165) is 17.2 Å². The number of fused-ring (bicyclic) bond motifs is 1. The van der Waals surface area contributed by atoms with Crippen LogP contribution in [-0.4, -0.2) is 62.6 Å². The monoisotopic (exact) mass is 484 g/mol. The van der Waals surface area contributed by atoms with E-state index >= 15 is 0 Å². The average Bonchev–Trinajstić information content (AvgIpc) is 2.79. The second-order valence-electron chi connectivity index (χ2n) is 7.78. The van der Waals surface area contributed by atoms with Crippen molar-refractivity contribution in [1.29, 1.82) is 0 Å². The fraction of sp³-hybridized carbons (Fsp3) is 0.435. The maximum atomic E-state index is 13.2. The maximum Gasteiger partial charge on any atom is 0.406 e. The van der Waals surface area contributed by atoms with Crippen molar-refractivity contribution >= 4 is 15.9 Å². The highest BCUT2D eigenvalue weighted by atomic mass is 32.2. The number of hydrogen-bond acceptors (Lipinski definition) is 4. The SMILES string of the molecule is CCOCCCN(CC(F)(F)F)C(=O)c1cccc(S(=O)(=O)N2CCc3ccccc3C2)c1. The summed E-state index contributed by atoms with van der Waals surface area (Å²) in [5, 5.41) is 0. The van der Waals surface area contributed by atoms with Crippen LogP contribution in [0.15, 0.2) is 53.4 Å². The molecule has 6 nitrogen and oxygen atoms in total. The van der Waals surface area contributed by atoms with Crippen molar-refractivity contribution < 1.29 is 31.1 Å². The van der Waals surface area contributed by atoms with E-state index in [0.29, 0.717) is 17.9 Å². The number of rotatable bonds is 9. The smallest absolute Gasteiger partial charge is 0.382 e. The van der Waals surface area contributed by atoms with Gasteiger partial charge in [0.05, 0.1) is 4.90 Å². The third kappa shape index (κ3) is 6.55. The summed E-state index contributed by atoms with van der Waals surface area (Å²) in [6, 6.07) is 12.8. The molecule has 0 aromatic heterocycles. The number of sulfonamides is 1. The first-order chi connectivity index (χ1) is 15.6. The molecule has 0 bridgehead atoms. The quantitative estimate of drug-likeness (QED) is 0.507. The van der Waals surface area contributed by atoms with Crippen LogP contribution in [0.4, 0.5) is 13.2 Å². The van der Waals surface area contributed by atoms with Crippen LogP contribution in [0, 0.1) is 0 Å². The second kappa shape index (κ2) is 10.7. The first-order valence-electron chi connectivity index (χ1n) is 10.7. The molecule has 180 valence electrons. The van der Waals surface area contributed by atoms with Crippen molar-refractivity contribution in [2.75, 3.05) is 32.8 Å². The molecule has 1 aliphatic rings. The molecule has 0 radical (unpaired) electrons. The molecule has 0 unspecified atom stereocenters. The van der Waals surface area contributed by atoms with Gasteiger partial charge in [0.2, 0.25) is 10.0 Å². The Kier molecular flexibility index (Phi) is 8.14. The van der Waals surface area contributed by atoms with E-state index in [1.807, 2.05) is 24.3 Å². The standard InChI is InChI=1S/C23H27F3N2O4S/c1-2-32-14-6-12-27(17-23(24,25)26)22(29)19-9-5-10-21(15-19)33(30,31)28-13-11-18-7-3-4-8-20(18)16-28/h3-5,7-10,15H,2,6,11-14,16-17H2,1H3. The normalized spacial score (nSPS) is 14.7. The molecule has 0 saturated carbocycles. The lowest BCUT2D eigenvalue weighted by atomic mass is 10.0. The summed E-state index contributed by atoms with van der Waals surface area (Å²) in [7, 11) is -3.93. The Morgan fingerprint density at radius 1 is 1.12 bits per heavy atom. The number of alkyl halides is 3. The van der Waals surface area contributed by atoms with Gasteiger partial charge in [0.1, 0.15) is 6.54 Å². The fourth-order valence-electron chi connectivity index (χ4n) is 3.77. The van der Waals surface area contributed by atoms with Crippen molar-refractivity contribution in [2.45, 2.75) is 37.4 Å². The van der Waals surface area contributed by atoms with E-state index in [4.69, 9.17) is 4.74 Å². The summed E-state index contributed by atoms with van der Waals surface area (Å²) in [5.41, 5.74) is 1.89. The minimum Gasteiger partial charge on any atom is -0.382 e. The zero-order valence-electron chi connectivity index (χ0n) is 18.3. The number of halogens is 3. The van der Waals surface area contributed by atoms with Crippen LogP contribution in [0.2, 0.25) is 0 Å². The minimum atomic E-state index is -4.58. The highest BCUT2D eigenvalue weighted by Gasteiger charge is 2.34. The number of benzene rings is 2.